The minimum Gasteiger partial charge on any atom is -0.496 e. The van der Waals surface area contributed by atoms with Crippen molar-refractivity contribution < 1.29 is 14.3 Å². The molecular weight excluding hydrogens is 352 g/mol. The van der Waals surface area contributed by atoms with Crippen LogP contribution in [0.2, 0.25) is 0 Å². The molecule has 0 radical (unpaired) electrons. The molecule has 0 heterocycles. The van der Waals surface area contributed by atoms with Gasteiger partial charge in [0.25, 0.3) is 5.91 Å². The Hall–Kier alpha value is -3.60. The number of hydrazone groups is 1. The Balaban J connectivity index is 1.56. The molecule has 0 aliphatic carbocycles. The maximum Gasteiger partial charge on any atom is 0.280 e. The number of rotatable bonds is 7. The minimum absolute atomic E-state index is 0.335. The Morgan fingerprint density at radius 3 is 2.29 bits per heavy atom. The van der Waals surface area contributed by atoms with Crippen LogP contribution in [0.1, 0.15) is 12.5 Å². The Kier molecular flexibility index (Phi) is 6.41. The van der Waals surface area contributed by atoms with Crippen LogP contribution in [0.25, 0.3) is 11.1 Å². The summed E-state index contributed by atoms with van der Waals surface area (Å²) in [5, 5.41) is 3.98. The number of hydrogen-bond acceptors (Lipinski definition) is 4. The summed E-state index contributed by atoms with van der Waals surface area (Å²) in [5.41, 5.74) is 5.48. The predicted octanol–water partition coefficient (Wildman–Crippen LogP) is 4.28. The molecule has 0 fully saturated rings. The molecule has 0 saturated heterocycles. The second-order valence-electron chi connectivity index (χ2n) is 6.13. The molecule has 1 amide bonds. The molecule has 0 saturated carbocycles. The summed E-state index contributed by atoms with van der Waals surface area (Å²) >= 11 is 0. The van der Waals surface area contributed by atoms with Crippen LogP contribution < -0.4 is 14.9 Å². The number of carbonyl (C=O) groups is 1. The summed E-state index contributed by atoms with van der Waals surface area (Å²) in [6.45, 7) is 1.68. The smallest absolute Gasteiger partial charge is 0.280 e. The van der Waals surface area contributed by atoms with Gasteiger partial charge in [0.2, 0.25) is 0 Å². The highest BCUT2D eigenvalue weighted by molar-refractivity contribution is 5.86. The van der Waals surface area contributed by atoms with Gasteiger partial charge in [0, 0.05) is 5.56 Å². The lowest BCUT2D eigenvalue weighted by atomic mass is 10.1. The van der Waals surface area contributed by atoms with Crippen LogP contribution in [0, 0.1) is 0 Å². The van der Waals surface area contributed by atoms with Gasteiger partial charge in [-0.25, -0.2) is 5.43 Å². The molecule has 3 aromatic carbocycles. The van der Waals surface area contributed by atoms with E-state index in [0.29, 0.717) is 11.5 Å². The molecule has 0 spiro atoms. The van der Waals surface area contributed by atoms with Crippen molar-refractivity contribution in [1.82, 2.24) is 5.43 Å². The lowest BCUT2D eigenvalue weighted by Crippen LogP contribution is -2.33. The molecular formula is C23H22N2O3. The van der Waals surface area contributed by atoms with Crippen LogP contribution in [-0.2, 0) is 4.79 Å². The highest BCUT2D eigenvalue weighted by Gasteiger charge is 2.14. The van der Waals surface area contributed by atoms with Gasteiger partial charge >= 0.3 is 0 Å². The zero-order valence-electron chi connectivity index (χ0n) is 15.8. The SMILES string of the molecule is COc1ccccc1/C=N/NC(=O)C(C)Oc1ccc(-c2ccccc2)cc1. The van der Waals surface area contributed by atoms with Gasteiger partial charge in [0.05, 0.1) is 13.3 Å². The van der Waals surface area contributed by atoms with Crippen LogP contribution in [-0.4, -0.2) is 25.3 Å². The number of benzene rings is 3. The summed E-state index contributed by atoms with van der Waals surface area (Å²) in [5.74, 6) is 0.970. The third kappa shape index (κ3) is 4.98. The first kappa shape index (κ1) is 19.2. The number of nitrogens with one attached hydrogen (secondary N) is 1. The zero-order valence-corrected chi connectivity index (χ0v) is 15.8. The monoisotopic (exact) mass is 374 g/mol. The van der Waals surface area contributed by atoms with Gasteiger partial charge in [-0.15, -0.1) is 0 Å². The van der Waals surface area contributed by atoms with E-state index in [4.69, 9.17) is 9.47 Å². The number of hydrogen-bond donors (Lipinski definition) is 1. The second kappa shape index (κ2) is 9.37. The van der Waals surface area contributed by atoms with Gasteiger partial charge in [-0.05, 0) is 42.3 Å². The summed E-state index contributed by atoms with van der Waals surface area (Å²) in [7, 11) is 1.59. The quantitative estimate of drug-likeness (QED) is 0.496. The van der Waals surface area contributed by atoms with Crippen molar-refractivity contribution in [3.63, 3.8) is 0 Å². The van der Waals surface area contributed by atoms with Crippen LogP contribution in [0.15, 0.2) is 84.0 Å². The standard InChI is InChI=1S/C23H22N2O3/c1-17(23(26)25-24-16-20-10-6-7-11-22(20)27-2)28-21-14-12-19(13-15-21)18-8-4-3-5-9-18/h3-17H,1-2H3,(H,25,26)/b24-16+. The molecule has 5 heteroatoms. The average Bonchev–Trinajstić information content (AvgIpc) is 2.75. The number of amides is 1. The van der Waals surface area contributed by atoms with Crippen LogP contribution >= 0.6 is 0 Å². The summed E-state index contributed by atoms with van der Waals surface area (Å²) in [4.78, 5) is 12.2. The molecule has 3 rings (SSSR count). The molecule has 1 unspecified atom stereocenters. The van der Waals surface area contributed by atoms with E-state index in [9.17, 15) is 4.79 Å². The summed E-state index contributed by atoms with van der Waals surface area (Å²) < 4.78 is 10.9. The van der Waals surface area contributed by atoms with Gasteiger partial charge < -0.3 is 9.47 Å². The van der Waals surface area contributed by atoms with Crippen molar-refractivity contribution in [2.45, 2.75) is 13.0 Å². The van der Waals surface area contributed by atoms with E-state index in [1.807, 2.05) is 78.9 Å². The Morgan fingerprint density at radius 1 is 0.929 bits per heavy atom. The topological polar surface area (TPSA) is 59.9 Å². The Morgan fingerprint density at radius 2 is 1.57 bits per heavy atom. The van der Waals surface area contributed by atoms with Gasteiger partial charge in [-0.3, -0.25) is 4.79 Å². The normalized spacial score (nSPS) is 11.8. The fraction of sp³-hybridized carbons (Fsp3) is 0.130. The van der Waals surface area contributed by atoms with Crippen molar-refractivity contribution in [3.8, 4) is 22.6 Å². The molecule has 0 bridgehead atoms. The largest absolute Gasteiger partial charge is 0.496 e. The van der Waals surface area contributed by atoms with Crippen molar-refractivity contribution >= 4 is 12.1 Å². The van der Waals surface area contributed by atoms with E-state index in [1.54, 1.807) is 14.0 Å². The third-order valence-electron chi connectivity index (χ3n) is 4.16. The van der Waals surface area contributed by atoms with Crippen LogP contribution in [0.5, 0.6) is 11.5 Å². The lowest BCUT2D eigenvalue weighted by molar-refractivity contribution is -0.127. The van der Waals surface area contributed by atoms with Crippen molar-refractivity contribution in [1.29, 1.82) is 0 Å². The number of methoxy groups -OCH3 is 1. The lowest BCUT2D eigenvalue weighted by Gasteiger charge is -2.13. The summed E-state index contributed by atoms with van der Waals surface area (Å²) in [6.07, 6.45) is 0.857. The third-order valence-corrected chi connectivity index (χ3v) is 4.16. The van der Waals surface area contributed by atoms with Crippen molar-refractivity contribution in [2.24, 2.45) is 5.10 Å². The van der Waals surface area contributed by atoms with Crippen molar-refractivity contribution in [3.05, 3.63) is 84.4 Å². The maximum atomic E-state index is 12.2. The van der Waals surface area contributed by atoms with E-state index in [1.165, 1.54) is 6.21 Å². The molecule has 0 aromatic heterocycles. The van der Waals surface area contributed by atoms with E-state index in [2.05, 4.69) is 10.5 Å². The highest BCUT2D eigenvalue weighted by atomic mass is 16.5. The average molecular weight is 374 g/mol. The second-order valence-corrected chi connectivity index (χ2v) is 6.13. The molecule has 0 aliphatic heterocycles. The fourth-order valence-corrected chi connectivity index (χ4v) is 2.64. The first-order valence-electron chi connectivity index (χ1n) is 8.95. The first-order valence-corrected chi connectivity index (χ1v) is 8.95. The zero-order chi connectivity index (χ0) is 19.8. The fourth-order valence-electron chi connectivity index (χ4n) is 2.64. The number of para-hydroxylation sites is 1. The first-order chi connectivity index (χ1) is 13.7. The molecule has 5 nitrogen and oxygen atoms in total. The predicted molar refractivity (Wildman–Crippen MR) is 111 cm³/mol. The van der Waals surface area contributed by atoms with Crippen LogP contribution in [0.3, 0.4) is 0 Å². The molecule has 1 atom stereocenters. The maximum absolute atomic E-state index is 12.2. The minimum atomic E-state index is -0.683. The highest BCUT2D eigenvalue weighted by Crippen LogP contribution is 2.22. The van der Waals surface area contributed by atoms with Crippen LogP contribution in [0.4, 0.5) is 0 Å². The molecule has 28 heavy (non-hydrogen) atoms. The molecule has 142 valence electrons. The van der Waals surface area contributed by atoms with Gasteiger partial charge in [0.1, 0.15) is 11.5 Å². The molecule has 0 aliphatic rings. The van der Waals surface area contributed by atoms with Gasteiger partial charge in [-0.2, -0.15) is 5.10 Å². The molecule has 1 N–H and O–H groups in total. The van der Waals surface area contributed by atoms with Gasteiger partial charge in [0.15, 0.2) is 6.10 Å². The number of ether oxygens (including phenoxy) is 2. The molecule has 3 aromatic rings. The Bertz CT molecular complexity index is 938. The van der Waals surface area contributed by atoms with E-state index < -0.39 is 6.10 Å². The summed E-state index contributed by atoms with van der Waals surface area (Å²) in [6, 6.07) is 25.1. The van der Waals surface area contributed by atoms with E-state index >= 15 is 0 Å². The number of carbonyl (C=O) groups excluding carboxylic acids is 1. The number of nitrogens with zero attached hydrogens (tertiary/aromatic N) is 1. The van der Waals surface area contributed by atoms with E-state index in [-0.39, 0.29) is 5.91 Å². The van der Waals surface area contributed by atoms with Crippen molar-refractivity contribution in [2.75, 3.05) is 7.11 Å². The van der Waals surface area contributed by atoms with E-state index in [0.717, 1.165) is 16.7 Å². The Labute approximate surface area is 164 Å². The van der Waals surface area contributed by atoms with Gasteiger partial charge in [-0.1, -0.05) is 54.6 Å².